The summed E-state index contributed by atoms with van der Waals surface area (Å²) in [5.74, 6) is 0.641. The molecular weight excluding hydrogens is 263 g/mol. The van der Waals surface area contributed by atoms with E-state index >= 15 is 0 Å². The van der Waals surface area contributed by atoms with Gasteiger partial charge in [0, 0.05) is 6.54 Å². The lowest BCUT2D eigenvalue weighted by Gasteiger charge is -2.24. The fourth-order valence-electron chi connectivity index (χ4n) is 2.38. The summed E-state index contributed by atoms with van der Waals surface area (Å²) in [6.07, 6.45) is 2.47. The Morgan fingerprint density at radius 2 is 2.26 bits per heavy atom. The number of alkyl halides is 1. The summed E-state index contributed by atoms with van der Waals surface area (Å²) in [4.78, 5) is 0. The molecule has 2 rings (SSSR count). The first-order chi connectivity index (χ1) is 8.97. The summed E-state index contributed by atoms with van der Waals surface area (Å²) in [7, 11) is 0. The van der Waals surface area contributed by atoms with Crippen molar-refractivity contribution < 1.29 is 4.39 Å². The van der Waals surface area contributed by atoms with E-state index in [0.29, 0.717) is 16.5 Å². The van der Waals surface area contributed by atoms with Crippen molar-refractivity contribution in [1.29, 1.82) is 0 Å². The molecule has 2 N–H and O–H groups in total. The van der Waals surface area contributed by atoms with Gasteiger partial charge in [0.05, 0.1) is 10.7 Å². The number of piperidine rings is 1. The lowest BCUT2D eigenvalue weighted by Crippen LogP contribution is -2.33. The number of nitrogens with one attached hydrogen (secondary N) is 2. The van der Waals surface area contributed by atoms with Crippen LogP contribution in [0.5, 0.6) is 0 Å². The summed E-state index contributed by atoms with van der Waals surface area (Å²) in [6, 6.07) is 5.38. The largest absolute Gasteiger partial charge is 0.384 e. The number of hydrogen-bond acceptors (Lipinski definition) is 2. The molecule has 19 heavy (non-hydrogen) atoms. The molecular formula is C15H22ClFN2. The summed E-state index contributed by atoms with van der Waals surface area (Å²) < 4.78 is 13.8. The highest BCUT2D eigenvalue weighted by atomic mass is 35.5. The molecule has 1 aliphatic heterocycles. The second-order valence-electron chi connectivity index (χ2n) is 5.76. The maximum absolute atomic E-state index is 13.8. The number of benzene rings is 1. The van der Waals surface area contributed by atoms with Crippen LogP contribution in [0.15, 0.2) is 18.2 Å². The van der Waals surface area contributed by atoms with Crippen LogP contribution in [0.4, 0.5) is 10.1 Å². The standard InChI is InChI=1S/C15H22ClFN2/c1-15(2,17)12-5-6-14(13(16)8-12)19-10-11-4-3-7-18-9-11/h5-6,8,11,18-19H,3-4,7,9-10H2,1-2H3. The lowest BCUT2D eigenvalue weighted by atomic mass is 9.98. The topological polar surface area (TPSA) is 24.1 Å². The van der Waals surface area contributed by atoms with Gasteiger partial charge in [-0.3, -0.25) is 0 Å². The Kier molecular flexibility index (Phi) is 4.69. The van der Waals surface area contributed by atoms with E-state index in [2.05, 4.69) is 10.6 Å². The smallest absolute Gasteiger partial charge is 0.130 e. The highest BCUT2D eigenvalue weighted by Crippen LogP contribution is 2.31. The van der Waals surface area contributed by atoms with Crippen molar-refractivity contribution in [2.45, 2.75) is 32.4 Å². The van der Waals surface area contributed by atoms with Crippen LogP contribution in [0.25, 0.3) is 0 Å². The van der Waals surface area contributed by atoms with Gasteiger partial charge in [-0.15, -0.1) is 0 Å². The molecule has 1 unspecified atom stereocenters. The molecule has 1 heterocycles. The molecule has 1 saturated heterocycles. The minimum Gasteiger partial charge on any atom is -0.384 e. The van der Waals surface area contributed by atoms with Gasteiger partial charge in [-0.25, -0.2) is 4.39 Å². The van der Waals surface area contributed by atoms with Crippen LogP contribution < -0.4 is 10.6 Å². The van der Waals surface area contributed by atoms with Crippen molar-refractivity contribution in [3.8, 4) is 0 Å². The first-order valence-electron chi connectivity index (χ1n) is 6.90. The molecule has 1 fully saturated rings. The van der Waals surface area contributed by atoms with Gasteiger partial charge in [-0.2, -0.15) is 0 Å². The molecule has 106 valence electrons. The zero-order valence-corrected chi connectivity index (χ0v) is 12.4. The van der Waals surface area contributed by atoms with Gasteiger partial charge >= 0.3 is 0 Å². The van der Waals surface area contributed by atoms with E-state index in [-0.39, 0.29) is 0 Å². The summed E-state index contributed by atoms with van der Waals surface area (Å²) in [6.45, 7) is 6.17. The third-order valence-electron chi connectivity index (χ3n) is 3.64. The Hall–Kier alpha value is -0.800. The van der Waals surface area contributed by atoms with Gasteiger partial charge in [0.25, 0.3) is 0 Å². The van der Waals surface area contributed by atoms with E-state index in [9.17, 15) is 4.39 Å². The average Bonchev–Trinajstić information content (AvgIpc) is 2.37. The molecule has 0 amide bonds. The molecule has 1 aliphatic rings. The SMILES string of the molecule is CC(C)(F)c1ccc(NCC2CCCNC2)c(Cl)c1. The molecule has 1 aromatic rings. The average molecular weight is 285 g/mol. The Morgan fingerprint density at radius 3 is 2.84 bits per heavy atom. The molecule has 1 atom stereocenters. The number of anilines is 1. The first kappa shape index (κ1) is 14.6. The van der Waals surface area contributed by atoms with Crippen molar-refractivity contribution >= 4 is 17.3 Å². The summed E-state index contributed by atoms with van der Waals surface area (Å²) in [5.41, 5.74) is 0.151. The number of hydrogen-bond donors (Lipinski definition) is 2. The molecule has 2 nitrogen and oxygen atoms in total. The Balaban J connectivity index is 1.97. The Labute approximate surface area is 119 Å². The van der Waals surface area contributed by atoms with Crippen LogP contribution in [-0.2, 0) is 5.67 Å². The normalized spacial score (nSPS) is 20.3. The van der Waals surface area contributed by atoms with Crippen LogP contribution >= 0.6 is 11.6 Å². The van der Waals surface area contributed by atoms with Gasteiger partial charge in [0.2, 0.25) is 0 Å². The maximum Gasteiger partial charge on any atom is 0.130 e. The summed E-state index contributed by atoms with van der Waals surface area (Å²) >= 11 is 6.21. The molecule has 0 saturated carbocycles. The molecule has 4 heteroatoms. The molecule has 0 bridgehead atoms. The molecule has 0 spiro atoms. The van der Waals surface area contributed by atoms with Gasteiger partial charge in [-0.05, 0) is 63.4 Å². The highest BCUT2D eigenvalue weighted by molar-refractivity contribution is 6.33. The Morgan fingerprint density at radius 1 is 1.47 bits per heavy atom. The molecule has 0 aromatic heterocycles. The fourth-order valence-corrected chi connectivity index (χ4v) is 2.63. The fraction of sp³-hybridized carbons (Fsp3) is 0.600. The number of rotatable bonds is 4. The van der Waals surface area contributed by atoms with Crippen LogP contribution in [0.3, 0.4) is 0 Å². The summed E-state index contributed by atoms with van der Waals surface area (Å²) in [5, 5.41) is 7.35. The van der Waals surface area contributed by atoms with Gasteiger partial charge < -0.3 is 10.6 Å². The second kappa shape index (κ2) is 6.10. The lowest BCUT2D eigenvalue weighted by molar-refractivity contribution is 0.221. The predicted octanol–water partition coefficient (Wildman–Crippen LogP) is 3.96. The van der Waals surface area contributed by atoms with E-state index in [4.69, 9.17) is 11.6 Å². The molecule has 0 aliphatic carbocycles. The van der Waals surface area contributed by atoms with Crippen molar-refractivity contribution in [1.82, 2.24) is 5.32 Å². The van der Waals surface area contributed by atoms with Crippen LogP contribution in [0.2, 0.25) is 5.02 Å². The van der Waals surface area contributed by atoms with E-state index in [1.165, 1.54) is 12.8 Å². The van der Waals surface area contributed by atoms with E-state index < -0.39 is 5.67 Å². The quantitative estimate of drug-likeness (QED) is 0.875. The highest BCUT2D eigenvalue weighted by Gasteiger charge is 2.20. The van der Waals surface area contributed by atoms with Crippen molar-refractivity contribution in [3.05, 3.63) is 28.8 Å². The number of halogens is 2. The minimum absolute atomic E-state index is 0.590. The zero-order chi connectivity index (χ0) is 13.9. The maximum atomic E-state index is 13.8. The monoisotopic (exact) mass is 284 g/mol. The third-order valence-corrected chi connectivity index (χ3v) is 3.95. The van der Waals surface area contributed by atoms with Gasteiger partial charge in [-0.1, -0.05) is 17.7 Å². The van der Waals surface area contributed by atoms with Gasteiger partial charge in [0.15, 0.2) is 0 Å². The first-order valence-corrected chi connectivity index (χ1v) is 7.28. The van der Waals surface area contributed by atoms with Crippen LogP contribution in [-0.4, -0.2) is 19.6 Å². The zero-order valence-electron chi connectivity index (χ0n) is 11.6. The molecule has 0 radical (unpaired) electrons. The van der Waals surface area contributed by atoms with E-state index in [1.54, 1.807) is 26.0 Å². The van der Waals surface area contributed by atoms with Crippen LogP contribution in [0, 0.1) is 5.92 Å². The van der Waals surface area contributed by atoms with Crippen molar-refractivity contribution in [2.24, 2.45) is 5.92 Å². The van der Waals surface area contributed by atoms with E-state index in [0.717, 1.165) is 25.3 Å². The van der Waals surface area contributed by atoms with E-state index in [1.807, 2.05) is 6.07 Å². The third kappa shape index (κ3) is 4.08. The Bertz CT molecular complexity index is 423. The van der Waals surface area contributed by atoms with Gasteiger partial charge in [0.1, 0.15) is 5.67 Å². The minimum atomic E-state index is -1.35. The van der Waals surface area contributed by atoms with Crippen molar-refractivity contribution in [3.63, 3.8) is 0 Å². The molecule has 1 aromatic carbocycles. The second-order valence-corrected chi connectivity index (χ2v) is 6.17. The van der Waals surface area contributed by atoms with Crippen LogP contribution in [0.1, 0.15) is 32.3 Å². The van der Waals surface area contributed by atoms with Crippen molar-refractivity contribution in [2.75, 3.05) is 25.0 Å². The predicted molar refractivity (Wildman–Crippen MR) is 79.7 cm³/mol.